The van der Waals surface area contributed by atoms with Crippen LogP contribution in [0.25, 0.3) is 0 Å². The number of hydrogen-bond donors (Lipinski definition) is 1. The highest BCUT2D eigenvalue weighted by Gasteiger charge is 1.75. The number of quaternary nitrogens is 1. The first kappa shape index (κ1) is 9.67. The molecule has 2 nitrogen and oxygen atoms in total. The molecule has 0 radical (unpaired) electrons. The van der Waals surface area contributed by atoms with Gasteiger partial charge in [0.2, 0.25) is 0 Å². The van der Waals surface area contributed by atoms with E-state index in [-0.39, 0.29) is 0 Å². The third-order valence-electron chi connectivity index (χ3n) is 0.707. The molecule has 0 unspecified atom stereocenters. The Bertz CT molecular complexity index is 38.6. The van der Waals surface area contributed by atoms with Gasteiger partial charge in [0.05, 0.1) is 20.6 Å². The van der Waals surface area contributed by atoms with Crippen LogP contribution in [0.2, 0.25) is 0 Å². The van der Waals surface area contributed by atoms with Gasteiger partial charge in [-0.3, -0.25) is 0 Å². The molecule has 0 aromatic rings. The molecule has 0 aliphatic rings. The molecule has 0 fully saturated rings. The summed E-state index contributed by atoms with van der Waals surface area (Å²) in [6, 6.07) is 0. The standard InChI is InChI=1S/C4H11N.CN/c1-4-5(2)3;1-2/h4H2,1-3H3;/q;-1/p+1. The van der Waals surface area contributed by atoms with Gasteiger partial charge in [-0.15, -0.1) is 0 Å². The smallest absolute Gasteiger partial charge is 0.0738 e. The van der Waals surface area contributed by atoms with Crippen LogP contribution in [0.3, 0.4) is 0 Å². The summed E-state index contributed by atoms with van der Waals surface area (Å²) < 4.78 is 0. The van der Waals surface area contributed by atoms with Gasteiger partial charge in [-0.2, -0.15) is 0 Å². The lowest BCUT2D eigenvalue weighted by molar-refractivity contribution is -0.856. The van der Waals surface area contributed by atoms with E-state index >= 15 is 0 Å². The monoisotopic (exact) mass is 100 g/mol. The molecule has 0 atom stereocenters. The van der Waals surface area contributed by atoms with Gasteiger partial charge in [0.1, 0.15) is 0 Å². The van der Waals surface area contributed by atoms with Gasteiger partial charge in [0.15, 0.2) is 0 Å². The van der Waals surface area contributed by atoms with Crippen molar-refractivity contribution in [3.8, 4) is 0 Å². The summed E-state index contributed by atoms with van der Waals surface area (Å²) in [6.45, 7) is 8.13. The zero-order valence-electron chi connectivity index (χ0n) is 5.15. The summed E-state index contributed by atoms with van der Waals surface area (Å²) >= 11 is 0. The van der Waals surface area contributed by atoms with Crippen molar-refractivity contribution >= 4 is 0 Å². The molecule has 0 amide bonds. The number of rotatable bonds is 1. The summed E-state index contributed by atoms with van der Waals surface area (Å²) in [5.74, 6) is 0. The van der Waals surface area contributed by atoms with Crippen molar-refractivity contribution in [1.82, 2.24) is 0 Å². The maximum absolute atomic E-state index is 6.25. The van der Waals surface area contributed by atoms with Gasteiger partial charge < -0.3 is 16.7 Å². The number of hydrogen-bond acceptors (Lipinski definition) is 1. The molecule has 0 spiro atoms. The minimum Gasteiger partial charge on any atom is -0.512 e. The van der Waals surface area contributed by atoms with Crippen LogP contribution in [-0.2, 0) is 0 Å². The van der Waals surface area contributed by atoms with E-state index in [0.29, 0.717) is 0 Å². The molecule has 0 heterocycles. The Morgan fingerprint density at radius 3 is 1.57 bits per heavy atom. The molecule has 0 aliphatic heterocycles. The van der Waals surface area contributed by atoms with Gasteiger partial charge in [-0.05, 0) is 6.92 Å². The molecular weight excluding hydrogens is 88.1 g/mol. The van der Waals surface area contributed by atoms with Crippen molar-refractivity contribution in [2.75, 3.05) is 20.6 Å². The Morgan fingerprint density at radius 2 is 1.57 bits per heavy atom. The SMILES string of the molecule is CC[NH+](C)C.[C-]#N. The van der Waals surface area contributed by atoms with Gasteiger partial charge in [0.25, 0.3) is 0 Å². The summed E-state index contributed by atoms with van der Waals surface area (Å²) in [4.78, 5) is 1.50. The molecule has 0 aromatic carbocycles. The van der Waals surface area contributed by atoms with E-state index in [1.807, 2.05) is 0 Å². The van der Waals surface area contributed by atoms with Gasteiger partial charge in [-0.25, -0.2) is 0 Å². The van der Waals surface area contributed by atoms with Crippen molar-refractivity contribution in [3.63, 3.8) is 0 Å². The van der Waals surface area contributed by atoms with Gasteiger partial charge in [-0.1, -0.05) is 0 Å². The number of nitrogens with one attached hydrogen (secondary N) is 1. The van der Waals surface area contributed by atoms with Crippen LogP contribution in [0.1, 0.15) is 6.92 Å². The molecule has 1 N–H and O–H groups in total. The zero-order valence-corrected chi connectivity index (χ0v) is 5.15. The van der Waals surface area contributed by atoms with Crippen LogP contribution < -0.4 is 4.90 Å². The lowest BCUT2D eigenvalue weighted by Gasteiger charge is -1.97. The predicted octanol–water partition coefficient (Wildman–Crippen LogP) is -0.753. The van der Waals surface area contributed by atoms with Gasteiger partial charge in [0, 0.05) is 0 Å². The second-order valence-electron chi connectivity index (χ2n) is 1.56. The summed E-state index contributed by atoms with van der Waals surface area (Å²) in [5.41, 5.74) is 0. The van der Waals surface area contributed by atoms with Crippen LogP contribution in [0.15, 0.2) is 0 Å². The minimum atomic E-state index is 1.22. The fourth-order valence-corrected chi connectivity index (χ4v) is 0. The molecule has 0 aromatic heterocycles. The molecule has 2 heteroatoms. The topological polar surface area (TPSA) is 28.2 Å². The molecule has 0 saturated heterocycles. The first-order valence-electron chi connectivity index (χ1n) is 2.28. The average Bonchev–Trinajstić information content (AvgIpc) is 1.73. The van der Waals surface area contributed by atoms with Crippen molar-refractivity contribution in [3.05, 3.63) is 6.57 Å². The Hall–Kier alpha value is -0.550. The van der Waals surface area contributed by atoms with E-state index in [1.54, 1.807) is 0 Å². The quantitative estimate of drug-likeness (QED) is 0.431. The third kappa shape index (κ3) is 30.9. The second kappa shape index (κ2) is 9.07. The Kier molecular flexibility index (Phi) is 12.5. The predicted molar refractivity (Wildman–Crippen MR) is 28.3 cm³/mol. The maximum atomic E-state index is 6.25. The lowest BCUT2D eigenvalue weighted by atomic mass is 10.7. The van der Waals surface area contributed by atoms with E-state index in [1.165, 1.54) is 11.4 Å². The summed E-state index contributed by atoms with van der Waals surface area (Å²) in [6.07, 6.45) is 0. The fraction of sp³-hybridized carbons (Fsp3) is 0.800. The van der Waals surface area contributed by atoms with Crippen molar-refractivity contribution in [1.29, 1.82) is 5.26 Å². The Morgan fingerprint density at radius 1 is 1.43 bits per heavy atom. The molecule has 0 aliphatic carbocycles. The first-order chi connectivity index (χ1) is 3.27. The van der Waals surface area contributed by atoms with E-state index in [0.717, 1.165) is 0 Å². The molecule has 0 saturated carbocycles. The van der Waals surface area contributed by atoms with E-state index in [2.05, 4.69) is 21.0 Å². The maximum Gasteiger partial charge on any atom is 0.0738 e. The Balaban J connectivity index is 0. The van der Waals surface area contributed by atoms with E-state index in [4.69, 9.17) is 11.8 Å². The van der Waals surface area contributed by atoms with Crippen molar-refractivity contribution in [2.45, 2.75) is 6.92 Å². The normalized spacial score (nSPS) is 7.14. The fourth-order valence-electron chi connectivity index (χ4n) is 0. The van der Waals surface area contributed by atoms with Crippen LogP contribution in [0.5, 0.6) is 0 Å². The first-order valence-corrected chi connectivity index (χ1v) is 2.28. The third-order valence-corrected chi connectivity index (χ3v) is 0.707. The van der Waals surface area contributed by atoms with Gasteiger partial charge >= 0.3 is 0 Å². The van der Waals surface area contributed by atoms with Crippen molar-refractivity contribution < 1.29 is 4.90 Å². The van der Waals surface area contributed by atoms with Crippen LogP contribution in [-0.4, -0.2) is 20.6 Å². The van der Waals surface area contributed by atoms with Crippen LogP contribution in [0, 0.1) is 11.8 Å². The van der Waals surface area contributed by atoms with Crippen LogP contribution in [0.4, 0.5) is 0 Å². The highest BCUT2D eigenvalue weighted by molar-refractivity contribution is 3.92. The lowest BCUT2D eigenvalue weighted by Crippen LogP contribution is -3.05. The molecule has 7 heavy (non-hydrogen) atoms. The number of nitrogens with zero attached hydrogens (tertiary/aromatic N) is 1. The summed E-state index contributed by atoms with van der Waals surface area (Å²) in [5, 5.41) is 6.25. The Labute approximate surface area is 45.4 Å². The highest BCUT2D eigenvalue weighted by Crippen LogP contribution is 1.25. The van der Waals surface area contributed by atoms with Crippen molar-refractivity contribution in [2.24, 2.45) is 0 Å². The molecule has 0 bridgehead atoms. The van der Waals surface area contributed by atoms with Crippen LogP contribution >= 0.6 is 0 Å². The average molecular weight is 100 g/mol. The zero-order chi connectivity index (χ0) is 6.28. The largest absolute Gasteiger partial charge is 0.512 e. The minimum absolute atomic E-state index is 1.22. The summed E-state index contributed by atoms with van der Waals surface area (Å²) in [7, 11) is 4.28. The highest BCUT2D eigenvalue weighted by atomic mass is 15.0. The molecular formula is C5H12N2. The molecule has 0 rings (SSSR count). The molecule has 42 valence electrons. The van der Waals surface area contributed by atoms with E-state index < -0.39 is 0 Å². The second-order valence-corrected chi connectivity index (χ2v) is 1.56. The van der Waals surface area contributed by atoms with E-state index in [9.17, 15) is 0 Å².